The molecule has 60 valence electrons. The van der Waals surface area contributed by atoms with Gasteiger partial charge in [-0.2, -0.15) is 12.6 Å². The molecule has 10 heavy (non-hydrogen) atoms. The van der Waals surface area contributed by atoms with Gasteiger partial charge in [0.25, 0.3) is 0 Å². The van der Waals surface area contributed by atoms with E-state index < -0.39 is 0 Å². The van der Waals surface area contributed by atoms with Gasteiger partial charge in [0.2, 0.25) is 0 Å². The zero-order chi connectivity index (χ0) is 7.83. The van der Waals surface area contributed by atoms with Crippen LogP contribution in [0.2, 0.25) is 0 Å². The van der Waals surface area contributed by atoms with E-state index in [9.17, 15) is 0 Å². The smallest absolute Gasteiger partial charge is 0.0269 e. The lowest BCUT2D eigenvalue weighted by molar-refractivity contribution is 0.448. The normalized spacial score (nSPS) is 38.4. The number of hydrogen-bond acceptors (Lipinski definition) is 2. The van der Waals surface area contributed by atoms with Crippen LogP contribution in [0.4, 0.5) is 0 Å². The monoisotopic (exact) mass is 159 g/mol. The molecule has 1 atom stereocenters. The first-order valence-electron chi connectivity index (χ1n) is 3.95. The molecule has 0 radical (unpaired) electrons. The second-order valence-corrected chi connectivity index (χ2v) is 4.94. The molecule has 0 aromatic rings. The Hall–Kier alpha value is 0.310. The van der Waals surface area contributed by atoms with Crippen molar-refractivity contribution in [2.45, 2.75) is 43.9 Å². The first-order chi connectivity index (χ1) is 4.47. The van der Waals surface area contributed by atoms with Gasteiger partial charge < -0.3 is 5.32 Å². The lowest BCUT2D eigenvalue weighted by Crippen LogP contribution is -2.31. The summed E-state index contributed by atoms with van der Waals surface area (Å²) in [4.78, 5) is 0. The van der Waals surface area contributed by atoms with Crippen LogP contribution >= 0.6 is 12.6 Å². The van der Waals surface area contributed by atoms with Crippen molar-refractivity contribution in [3.8, 4) is 0 Å². The quantitative estimate of drug-likeness (QED) is 0.556. The van der Waals surface area contributed by atoms with E-state index in [0.29, 0.717) is 5.54 Å². The molecule has 1 N–H and O–H groups in total. The fourth-order valence-electron chi connectivity index (χ4n) is 1.60. The zero-order valence-corrected chi connectivity index (χ0v) is 7.96. The fraction of sp³-hybridized carbons (Fsp3) is 1.00. The molecule has 1 saturated heterocycles. The molecule has 1 rings (SSSR count). The van der Waals surface area contributed by atoms with Gasteiger partial charge in [-0.15, -0.1) is 0 Å². The highest BCUT2D eigenvalue weighted by Gasteiger charge is 2.38. The minimum absolute atomic E-state index is 0.253. The van der Waals surface area contributed by atoms with E-state index >= 15 is 0 Å². The number of thiol groups is 1. The van der Waals surface area contributed by atoms with Gasteiger partial charge in [0, 0.05) is 16.8 Å². The van der Waals surface area contributed by atoms with E-state index in [2.05, 4.69) is 38.7 Å². The van der Waals surface area contributed by atoms with Crippen molar-refractivity contribution in [1.29, 1.82) is 0 Å². The Morgan fingerprint density at radius 2 is 2.10 bits per heavy atom. The van der Waals surface area contributed by atoms with Gasteiger partial charge in [0.15, 0.2) is 0 Å². The zero-order valence-electron chi connectivity index (χ0n) is 7.07. The van der Waals surface area contributed by atoms with E-state index in [0.717, 1.165) is 13.0 Å². The highest BCUT2D eigenvalue weighted by atomic mass is 32.1. The summed E-state index contributed by atoms with van der Waals surface area (Å²) in [5, 5.41) is 3.46. The third-order valence-electron chi connectivity index (χ3n) is 2.33. The van der Waals surface area contributed by atoms with E-state index in [-0.39, 0.29) is 4.75 Å². The van der Waals surface area contributed by atoms with Crippen LogP contribution in [0.25, 0.3) is 0 Å². The summed E-state index contributed by atoms with van der Waals surface area (Å²) in [5.41, 5.74) is 0.303. The van der Waals surface area contributed by atoms with Crippen molar-refractivity contribution >= 4 is 12.6 Å². The maximum Gasteiger partial charge on any atom is 0.0269 e. The summed E-state index contributed by atoms with van der Waals surface area (Å²) in [6, 6.07) is 0. The summed E-state index contributed by atoms with van der Waals surface area (Å²) in [6.45, 7) is 7.73. The molecule has 0 spiro atoms. The average molecular weight is 159 g/mol. The molecular formula is C8H17NS. The molecule has 0 saturated carbocycles. The molecule has 1 fully saturated rings. The summed E-state index contributed by atoms with van der Waals surface area (Å²) in [6.07, 6.45) is 2.34. The van der Waals surface area contributed by atoms with E-state index in [1.165, 1.54) is 6.42 Å². The predicted octanol–water partition coefficient (Wildman–Crippen LogP) is 1.84. The predicted molar refractivity (Wildman–Crippen MR) is 48.7 cm³/mol. The van der Waals surface area contributed by atoms with E-state index in [4.69, 9.17) is 0 Å². The Balaban J connectivity index is 2.57. The van der Waals surface area contributed by atoms with Gasteiger partial charge in [-0.25, -0.2) is 0 Å². The van der Waals surface area contributed by atoms with Gasteiger partial charge in [-0.1, -0.05) is 6.92 Å². The molecular weight excluding hydrogens is 142 g/mol. The van der Waals surface area contributed by atoms with Crippen LogP contribution in [-0.4, -0.2) is 16.8 Å². The molecule has 0 amide bonds. The van der Waals surface area contributed by atoms with Crippen molar-refractivity contribution in [3.63, 3.8) is 0 Å². The number of rotatable bonds is 1. The highest BCUT2D eigenvalue weighted by Crippen LogP contribution is 2.34. The van der Waals surface area contributed by atoms with E-state index in [1.54, 1.807) is 0 Å². The summed E-state index contributed by atoms with van der Waals surface area (Å²) in [7, 11) is 0. The first kappa shape index (κ1) is 8.41. The summed E-state index contributed by atoms with van der Waals surface area (Å²) in [5.74, 6) is 0. The fourth-order valence-corrected chi connectivity index (χ4v) is 2.08. The highest BCUT2D eigenvalue weighted by molar-refractivity contribution is 7.81. The second kappa shape index (κ2) is 2.42. The van der Waals surface area contributed by atoms with E-state index in [1.807, 2.05) is 0 Å². The van der Waals surface area contributed by atoms with Crippen molar-refractivity contribution < 1.29 is 0 Å². The first-order valence-corrected chi connectivity index (χ1v) is 4.40. The Kier molecular flexibility index (Phi) is 2.03. The van der Waals surface area contributed by atoms with Gasteiger partial charge in [0.05, 0.1) is 0 Å². The van der Waals surface area contributed by atoms with Crippen molar-refractivity contribution in [3.05, 3.63) is 0 Å². The number of nitrogens with one attached hydrogen (secondary N) is 1. The maximum atomic E-state index is 4.63. The Labute approximate surface area is 69.0 Å². The lowest BCUT2D eigenvalue weighted by Gasteiger charge is -2.22. The molecule has 0 aromatic carbocycles. The molecule has 0 unspecified atom stereocenters. The Morgan fingerprint density at radius 1 is 1.50 bits per heavy atom. The molecule has 0 aliphatic carbocycles. The average Bonchev–Trinajstić information content (AvgIpc) is 2.08. The number of hydrogen-bond donors (Lipinski definition) is 2. The Bertz CT molecular complexity index is 133. The SMILES string of the molecule is CC[C@]1(S)CNC(C)(C)C1. The lowest BCUT2D eigenvalue weighted by atomic mass is 9.94. The van der Waals surface area contributed by atoms with Gasteiger partial charge in [0.1, 0.15) is 0 Å². The summed E-state index contributed by atoms with van der Waals surface area (Å²) < 4.78 is 0.253. The largest absolute Gasteiger partial charge is 0.310 e. The second-order valence-electron chi connectivity index (χ2n) is 3.99. The molecule has 0 aromatic heterocycles. The topological polar surface area (TPSA) is 12.0 Å². The van der Waals surface area contributed by atoms with Gasteiger partial charge >= 0.3 is 0 Å². The summed E-state index contributed by atoms with van der Waals surface area (Å²) >= 11 is 4.63. The van der Waals surface area contributed by atoms with Gasteiger partial charge in [-0.05, 0) is 26.7 Å². The molecule has 1 heterocycles. The molecule has 2 heteroatoms. The van der Waals surface area contributed by atoms with Crippen LogP contribution in [-0.2, 0) is 0 Å². The van der Waals surface area contributed by atoms with Crippen LogP contribution in [0.15, 0.2) is 0 Å². The molecule has 1 aliphatic heterocycles. The van der Waals surface area contributed by atoms with Crippen LogP contribution in [0.1, 0.15) is 33.6 Å². The van der Waals surface area contributed by atoms with Crippen molar-refractivity contribution in [2.75, 3.05) is 6.54 Å². The van der Waals surface area contributed by atoms with Gasteiger partial charge in [-0.3, -0.25) is 0 Å². The van der Waals surface area contributed by atoms with Crippen LogP contribution < -0.4 is 5.32 Å². The maximum absolute atomic E-state index is 4.63. The van der Waals surface area contributed by atoms with Crippen LogP contribution in [0, 0.1) is 0 Å². The van der Waals surface area contributed by atoms with Crippen LogP contribution in [0.3, 0.4) is 0 Å². The standard InChI is InChI=1S/C8H17NS/c1-4-8(10)5-7(2,3)9-6-8/h9-10H,4-6H2,1-3H3/t8-/m1/s1. The molecule has 1 aliphatic rings. The minimum Gasteiger partial charge on any atom is -0.310 e. The third-order valence-corrected chi connectivity index (χ3v) is 2.96. The molecule has 1 nitrogen and oxygen atoms in total. The third kappa shape index (κ3) is 1.67. The van der Waals surface area contributed by atoms with Crippen LogP contribution in [0.5, 0.6) is 0 Å². The van der Waals surface area contributed by atoms with Crippen molar-refractivity contribution in [2.24, 2.45) is 0 Å². The molecule has 0 bridgehead atoms. The van der Waals surface area contributed by atoms with Crippen molar-refractivity contribution in [1.82, 2.24) is 5.32 Å². The Morgan fingerprint density at radius 3 is 2.30 bits per heavy atom. The minimum atomic E-state index is 0.253.